The van der Waals surface area contributed by atoms with Crippen molar-refractivity contribution in [2.75, 3.05) is 0 Å². The zero-order chi connectivity index (χ0) is 11.4. The van der Waals surface area contributed by atoms with Gasteiger partial charge in [0.2, 0.25) is 0 Å². The Morgan fingerprint density at radius 1 is 1.19 bits per heavy atom. The van der Waals surface area contributed by atoms with Crippen LogP contribution in [0.2, 0.25) is 0 Å². The predicted octanol–water partition coefficient (Wildman–Crippen LogP) is 3.27. The molecule has 1 aromatic carbocycles. The Hall–Kier alpha value is -1.61. The number of phenols is 1. The summed E-state index contributed by atoms with van der Waals surface area (Å²) in [5, 5.41) is 11.4. The van der Waals surface area contributed by atoms with Gasteiger partial charge < -0.3 is 5.11 Å². The molecular formula is C13H12O2S. The highest BCUT2D eigenvalue weighted by atomic mass is 32.1. The zero-order valence-corrected chi connectivity index (χ0v) is 9.54. The van der Waals surface area contributed by atoms with Gasteiger partial charge in [0.1, 0.15) is 5.75 Å². The molecule has 1 N–H and O–H groups in total. The molecule has 0 spiro atoms. The van der Waals surface area contributed by atoms with Gasteiger partial charge in [0.25, 0.3) is 0 Å². The monoisotopic (exact) mass is 232 g/mol. The Morgan fingerprint density at radius 3 is 2.69 bits per heavy atom. The molecule has 0 aliphatic carbocycles. The summed E-state index contributed by atoms with van der Waals surface area (Å²) in [7, 11) is 0. The number of Topliss-reactive ketones (excluding diaryl/α,β-unsaturated/α-hetero) is 1. The average molecular weight is 232 g/mol. The second kappa shape index (κ2) is 4.94. The van der Waals surface area contributed by atoms with Crippen molar-refractivity contribution in [1.82, 2.24) is 0 Å². The quantitative estimate of drug-likeness (QED) is 0.821. The molecule has 0 unspecified atom stereocenters. The van der Waals surface area contributed by atoms with Crippen LogP contribution in [-0.2, 0) is 6.42 Å². The summed E-state index contributed by atoms with van der Waals surface area (Å²) in [5.74, 6) is 0.403. The number of hydrogen-bond acceptors (Lipinski definition) is 3. The van der Waals surface area contributed by atoms with Crippen molar-refractivity contribution < 1.29 is 9.90 Å². The van der Waals surface area contributed by atoms with Gasteiger partial charge in [-0.1, -0.05) is 24.3 Å². The van der Waals surface area contributed by atoms with Crippen molar-refractivity contribution in [1.29, 1.82) is 0 Å². The molecule has 3 heteroatoms. The summed E-state index contributed by atoms with van der Waals surface area (Å²) in [6.45, 7) is 0. The molecule has 1 aromatic heterocycles. The SMILES string of the molecule is O=C(CCc1ccccc1O)c1cccs1. The minimum Gasteiger partial charge on any atom is -0.508 e. The van der Waals surface area contributed by atoms with Gasteiger partial charge in [0.05, 0.1) is 4.88 Å². The Bertz CT molecular complexity index is 474. The molecule has 0 bridgehead atoms. The lowest BCUT2D eigenvalue weighted by Gasteiger charge is -2.02. The van der Waals surface area contributed by atoms with Crippen LogP contribution in [0.4, 0.5) is 0 Å². The van der Waals surface area contributed by atoms with Crippen molar-refractivity contribution in [3.05, 3.63) is 52.2 Å². The molecule has 0 atom stereocenters. The van der Waals surface area contributed by atoms with Gasteiger partial charge in [-0.2, -0.15) is 0 Å². The number of carbonyl (C=O) groups excluding carboxylic acids is 1. The summed E-state index contributed by atoms with van der Waals surface area (Å²) in [4.78, 5) is 12.5. The van der Waals surface area contributed by atoms with Crippen molar-refractivity contribution >= 4 is 17.1 Å². The number of thiophene rings is 1. The van der Waals surface area contributed by atoms with Crippen LogP contribution in [0, 0.1) is 0 Å². The molecule has 2 aromatic rings. The first-order chi connectivity index (χ1) is 7.77. The van der Waals surface area contributed by atoms with Crippen LogP contribution >= 0.6 is 11.3 Å². The Kier molecular flexibility index (Phi) is 3.37. The third kappa shape index (κ3) is 2.49. The number of carbonyl (C=O) groups is 1. The number of aromatic hydroxyl groups is 1. The molecule has 82 valence electrons. The fourth-order valence-electron chi connectivity index (χ4n) is 1.53. The summed E-state index contributed by atoms with van der Waals surface area (Å²) in [6, 6.07) is 10.8. The first kappa shape index (κ1) is 10.9. The molecule has 16 heavy (non-hydrogen) atoms. The van der Waals surface area contributed by atoms with Crippen molar-refractivity contribution in [2.24, 2.45) is 0 Å². The number of hydrogen-bond donors (Lipinski definition) is 1. The fraction of sp³-hybridized carbons (Fsp3) is 0.154. The molecule has 2 rings (SSSR count). The molecule has 0 saturated carbocycles. The van der Waals surface area contributed by atoms with Crippen molar-refractivity contribution in [2.45, 2.75) is 12.8 Å². The number of ketones is 1. The van der Waals surface area contributed by atoms with Crippen molar-refractivity contribution in [3.63, 3.8) is 0 Å². The van der Waals surface area contributed by atoms with E-state index in [-0.39, 0.29) is 11.5 Å². The molecule has 0 radical (unpaired) electrons. The molecule has 0 saturated heterocycles. The van der Waals surface area contributed by atoms with Gasteiger partial charge in [-0.05, 0) is 29.5 Å². The molecule has 0 aliphatic heterocycles. The number of rotatable bonds is 4. The van der Waals surface area contributed by atoms with E-state index >= 15 is 0 Å². The van der Waals surface area contributed by atoms with E-state index in [1.807, 2.05) is 29.6 Å². The summed E-state index contributed by atoms with van der Waals surface area (Å²) in [5.41, 5.74) is 0.826. The zero-order valence-electron chi connectivity index (χ0n) is 8.72. The van der Waals surface area contributed by atoms with E-state index in [0.29, 0.717) is 12.8 Å². The van der Waals surface area contributed by atoms with Crippen LogP contribution in [-0.4, -0.2) is 10.9 Å². The normalized spacial score (nSPS) is 10.2. The Morgan fingerprint density at radius 2 is 2.00 bits per heavy atom. The number of phenolic OH excluding ortho intramolecular Hbond substituents is 1. The molecule has 0 fully saturated rings. The van der Waals surface area contributed by atoms with E-state index < -0.39 is 0 Å². The minimum absolute atomic E-state index is 0.137. The first-order valence-electron chi connectivity index (χ1n) is 5.11. The van der Waals surface area contributed by atoms with E-state index in [4.69, 9.17) is 0 Å². The molecule has 1 heterocycles. The summed E-state index contributed by atoms with van der Waals surface area (Å²) >= 11 is 1.46. The lowest BCUT2D eigenvalue weighted by molar-refractivity contribution is 0.0986. The van der Waals surface area contributed by atoms with Gasteiger partial charge in [-0.25, -0.2) is 0 Å². The van der Waals surface area contributed by atoms with E-state index in [1.165, 1.54) is 11.3 Å². The number of benzene rings is 1. The number of aryl methyl sites for hydroxylation is 1. The largest absolute Gasteiger partial charge is 0.508 e. The average Bonchev–Trinajstić information content (AvgIpc) is 2.81. The standard InChI is InChI=1S/C13H12O2S/c14-11-5-2-1-4-10(11)7-8-12(15)13-6-3-9-16-13/h1-6,9,14H,7-8H2. The van der Waals surface area contributed by atoms with Gasteiger partial charge >= 0.3 is 0 Å². The van der Waals surface area contributed by atoms with Crippen LogP contribution in [0.25, 0.3) is 0 Å². The van der Waals surface area contributed by atoms with Crippen LogP contribution < -0.4 is 0 Å². The number of para-hydroxylation sites is 1. The van der Waals surface area contributed by atoms with Gasteiger partial charge in [0, 0.05) is 6.42 Å². The van der Waals surface area contributed by atoms with Crippen LogP contribution in [0.5, 0.6) is 5.75 Å². The summed E-state index contributed by atoms with van der Waals surface area (Å²) in [6.07, 6.45) is 1.03. The van der Waals surface area contributed by atoms with Crippen LogP contribution in [0.15, 0.2) is 41.8 Å². The highest BCUT2D eigenvalue weighted by Gasteiger charge is 2.08. The van der Waals surface area contributed by atoms with E-state index in [0.717, 1.165) is 10.4 Å². The molecule has 2 nitrogen and oxygen atoms in total. The van der Waals surface area contributed by atoms with E-state index in [2.05, 4.69) is 0 Å². The van der Waals surface area contributed by atoms with Gasteiger partial charge in [-0.15, -0.1) is 11.3 Å². The lowest BCUT2D eigenvalue weighted by atomic mass is 10.1. The topological polar surface area (TPSA) is 37.3 Å². The fourth-order valence-corrected chi connectivity index (χ4v) is 2.23. The maximum Gasteiger partial charge on any atom is 0.173 e. The highest BCUT2D eigenvalue weighted by Crippen LogP contribution is 2.19. The van der Waals surface area contributed by atoms with Gasteiger partial charge in [0.15, 0.2) is 5.78 Å². The smallest absolute Gasteiger partial charge is 0.173 e. The Balaban J connectivity index is 1.98. The third-order valence-corrected chi connectivity index (χ3v) is 3.32. The van der Waals surface area contributed by atoms with E-state index in [1.54, 1.807) is 12.1 Å². The maximum atomic E-state index is 11.7. The molecule has 0 amide bonds. The Labute approximate surface area is 98.2 Å². The lowest BCUT2D eigenvalue weighted by Crippen LogP contribution is -1.98. The predicted molar refractivity (Wildman–Crippen MR) is 65.1 cm³/mol. The van der Waals surface area contributed by atoms with Gasteiger partial charge in [-0.3, -0.25) is 4.79 Å². The van der Waals surface area contributed by atoms with Crippen LogP contribution in [0.3, 0.4) is 0 Å². The van der Waals surface area contributed by atoms with E-state index in [9.17, 15) is 9.90 Å². The first-order valence-corrected chi connectivity index (χ1v) is 5.99. The maximum absolute atomic E-state index is 11.7. The summed E-state index contributed by atoms with van der Waals surface area (Å²) < 4.78 is 0. The highest BCUT2D eigenvalue weighted by molar-refractivity contribution is 7.12. The third-order valence-electron chi connectivity index (χ3n) is 2.41. The van der Waals surface area contributed by atoms with Crippen LogP contribution in [0.1, 0.15) is 21.7 Å². The van der Waals surface area contributed by atoms with Crippen molar-refractivity contribution in [3.8, 4) is 5.75 Å². The molecular weight excluding hydrogens is 220 g/mol. The second-order valence-electron chi connectivity index (χ2n) is 3.53. The molecule has 0 aliphatic rings. The second-order valence-corrected chi connectivity index (χ2v) is 4.48. The minimum atomic E-state index is 0.137.